The summed E-state index contributed by atoms with van der Waals surface area (Å²) in [6.45, 7) is 7.26. The maximum atomic E-state index is 14.6. The molecule has 0 amide bonds. The van der Waals surface area contributed by atoms with Crippen LogP contribution < -0.4 is 5.56 Å². The average Bonchev–Trinajstić information content (AvgIpc) is 3.07. The molecular formula is C22H26ClFN4OS. The first kappa shape index (κ1) is 21.4. The van der Waals surface area contributed by atoms with E-state index in [9.17, 15) is 9.18 Å². The summed E-state index contributed by atoms with van der Waals surface area (Å²) in [6.07, 6.45) is 3.39. The third-order valence-electron chi connectivity index (χ3n) is 6.32. The van der Waals surface area contributed by atoms with E-state index in [1.54, 1.807) is 18.2 Å². The molecule has 30 heavy (non-hydrogen) atoms. The molecule has 8 heteroatoms. The van der Waals surface area contributed by atoms with E-state index in [1.165, 1.54) is 28.3 Å². The van der Waals surface area contributed by atoms with Crippen molar-refractivity contribution >= 4 is 27.9 Å². The van der Waals surface area contributed by atoms with Gasteiger partial charge >= 0.3 is 0 Å². The van der Waals surface area contributed by atoms with Gasteiger partial charge in [0.1, 0.15) is 10.8 Å². The van der Waals surface area contributed by atoms with Gasteiger partial charge in [-0.05, 0) is 37.3 Å². The summed E-state index contributed by atoms with van der Waals surface area (Å²) in [6, 6.07) is 6.61. The number of benzene rings is 1. The van der Waals surface area contributed by atoms with Gasteiger partial charge in [0, 0.05) is 35.8 Å². The molecule has 1 saturated carbocycles. The highest BCUT2D eigenvalue weighted by Gasteiger charge is 2.32. The summed E-state index contributed by atoms with van der Waals surface area (Å²) in [5.41, 5.74) is 0.992. The van der Waals surface area contributed by atoms with Gasteiger partial charge in [0.2, 0.25) is 4.96 Å². The minimum atomic E-state index is -0.300. The quantitative estimate of drug-likeness (QED) is 0.546. The molecule has 0 spiro atoms. The van der Waals surface area contributed by atoms with Gasteiger partial charge in [-0.2, -0.15) is 9.61 Å². The molecule has 0 bridgehead atoms. The third-order valence-corrected chi connectivity index (χ3v) is 7.50. The highest BCUT2D eigenvalue weighted by Crippen LogP contribution is 2.35. The van der Waals surface area contributed by atoms with Gasteiger partial charge in [0.15, 0.2) is 0 Å². The van der Waals surface area contributed by atoms with Crippen molar-refractivity contribution in [3.63, 3.8) is 0 Å². The molecule has 5 nitrogen and oxygen atoms in total. The monoisotopic (exact) mass is 448 g/mol. The Kier molecular flexibility index (Phi) is 6.23. The standard InChI is InChI=1S/C22H26ClFN4OS/c1-13-6-4-9-20(14(13)2)27(12-17-18(23)7-5-8-19(17)24)11-16-10-21(29)28-22(25-16)30-15(3)26-28/h5,7-8,10,13-14,20H,4,6,9,11-12H2,1-3H3. The summed E-state index contributed by atoms with van der Waals surface area (Å²) in [5.74, 6) is 0.748. The zero-order valence-corrected chi connectivity index (χ0v) is 19.0. The van der Waals surface area contributed by atoms with Crippen LogP contribution in [0.4, 0.5) is 4.39 Å². The highest BCUT2D eigenvalue weighted by atomic mass is 35.5. The van der Waals surface area contributed by atoms with Gasteiger partial charge in [-0.1, -0.05) is 55.7 Å². The summed E-state index contributed by atoms with van der Waals surface area (Å²) in [5, 5.41) is 5.44. The number of aromatic nitrogens is 3. The van der Waals surface area contributed by atoms with Crippen LogP contribution >= 0.6 is 22.9 Å². The van der Waals surface area contributed by atoms with Crippen molar-refractivity contribution in [3.05, 3.63) is 61.7 Å². The van der Waals surface area contributed by atoms with E-state index in [-0.39, 0.29) is 17.4 Å². The van der Waals surface area contributed by atoms with E-state index in [2.05, 4.69) is 28.8 Å². The minimum Gasteiger partial charge on any atom is -0.290 e. The SMILES string of the molecule is Cc1nn2c(=O)cc(CN(Cc3c(F)cccc3Cl)C3CCCC(C)C3C)nc2s1. The van der Waals surface area contributed by atoms with Crippen LogP contribution in [-0.2, 0) is 13.1 Å². The van der Waals surface area contributed by atoms with E-state index in [4.69, 9.17) is 11.6 Å². The van der Waals surface area contributed by atoms with Crippen molar-refractivity contribution in [1.82, 2.24) is 19.5 Å². The van der Waals surface area contributed by atoms with E-state index in [1.807, 2.05) is 6.92 Å². The number of hydrogen-bond acceptors (Lipinski definition) is 5. The zero-order chi connectivity index (χ0) is 21.4. The molecule has 1 aliphatic carbocycles. The number of aryl methyl sites for hydroxylation is 1. The van der Waals surface area contributed by atoms with E-state index >= 15 is 0 Å². The molecule has 3 unspecified atom stereocenters. The molecule has 3 aromatic rings. The number of rotatable bonds is 5. The molecule has 0 aliphatic heterocycles. The lowest BCUT2D eigenvalue weighted by atomic mass is 9.77. The van der Waals surface area contributed by atoms with Crippen molar-refractivity contribution in [2.75, 3.05) is 0 Å². The zero-order valence-electron chi connectivity index (χ0n) is 17.4. The fourth-order valence-corrected chi connectivity index (χ4v) is 5.48. The fraction of sp³-hybridized carbons (Fsp3) is 0.500. The summed E-state index contributed by atoms with van der Waals surface area (Å²) in [4.78, 5) is 20.0. The van der Waals surface area contributed by atoms with E-state index < -0.39 is 0 Å². The van der Waals surface area contributed by atoms with Gasteiger partial charge < -0.3 is 0 Å². The fourth-order valence-electron chi connectivity index (χ4n) is 4.49. The molecule has 0 radical (unpaired) electrons. The molecule has 160 valence electrons. The summed E-state index contributed by atoms with van der Waals surface area (Å²) in [7, 11) is 0. The van der Waals surface area contributed by atoms with Gasteiger partial charge in [0.25, 0.3) is 5.56 Å². The third kappa shape index (κ3) is 4.29. The largest absolute Gasteiger partial charge is 0.290 e. The van der Waals surface area contributed by atoms with E-state index in [0.717, 1.165) is 17.8 Å². The highest BCUT2D eigenvalue weighted by molar-refractivity contribution is 7.16. The molecule has 1 aromatic carbocycles. The molecule has 2 aromatic heterocycles. The maximum absolute atomic E-state index is 14.6. The van der Waals surface area contributed by atoms with Crippen LogP contribution in [0, 0.1) is 24.6 Å². The van der Waals surface area contributed by atoms with Gasteiger partial charge in [-0.15, -0.1) is 0 Å². The van der Waals surface area contributed by atoms with Crippen LogP contribution in [0.15, 0.2) is 29.1 Å². The van der Waals surface area contributed by atoms with Gasteiger partial charge in [-0.3, -0.25) is 9.69 Å². The molecule has 2 heterocycles. The molecule has 3 atom stereocenters. The number of halogens is 2. The van der Waals surface area contributed by atoms with Crippen molar-refractivity contribution in [1.29, 1.82) is 0 Å². The summed E-state index contributed by atoms with van der Waals surface area (Å²) >= 11 is 7.74. The Morgan fingerprint density at radius 3 is 2.87 bits per heavy atom. The second-order valence-electron chi connectivity index (χ2n) is 8.34. The molecule has 0 saturated heterocycles. The van der Waals surface area contributed by atoms with Crippen molar-refractivity contribution < 1.29 is 4.39 Å². The summed E-state index contributed by atoms with van der Waals surface area (Å²) < 4.78 is 15.9. The maximum Gasteiger partial charge on any atom is 0.275 e. The van der Waals surface area contributed by atoms with E-state index in [0.29, 0.717) is 46.2 Å². The lowest BCUT2D eigenvalue weighted by Crippen LogP contribution is -2.43. The molecule has 1 fully saturated rings. The van der Waals surface area contributed by atoms with Crippen LogP contribution in [0.1, 0.15) is 49.4 Å². The Balaban J connectivity index is 1.70. The number of fused-ring (bicyclic) bond motifs is 1. The van der Waals surface area contributed by atoms with Crippen LogP contribution in [0.25, 0.3) is 4.96 Å². The lowest BCUT2D eigenvalue weighted by Gasteiger charge is -2.41. The Morgan fingerprint density at radius 2 is 2.10 bits per heavy atom. The number of hydrogen-bond donors (Lipinski definition) is 0. The lowest BCUT2D eigenvalue weighted by molar-refractivity contribution is 0.0668. The molecule has 0 N–H and O–H groups in total. The predicted molar refractivity (Wildman–Crippen MR) is 118 cm³/mol. The Hall–Kier alpha value is -1.83. The second kappa shape index (κ2) is 8.73. The first-order valence-corrected chi connectivity index (χ1v) is 11.6. The van der Waals surface area contributed by atoms with Crippen LogP contribution in [-0.4, -0.2) is 25.5 Å². The molecule has 1 aliphatic rings. The number of nitrogens with zero attached hydrogens (tertiary/aromatic N) is 4. The smallest absolute Gasteiger partial charge is 0.275 e. The Morgan fingerprint density at radius 1 is 1.30 bits per heavy atom. The van der Waals surface area contributed by atoms with Crippen LogP contribution in [0.3, 0.4) is 0 Å². The van der Waals surface area contributed by atoms with Crippen molar-refractivity contribution in [3.8, 4) is 0 Å². The first-order chi connectivity index (χ1) is 14.3. The van der Waals surface area contributed by atoms with Crippen molar-refractivity contribution in [2.45, 2.75) is 59.2 Å². The average molecular weight is 449 g/mol. The Bertz CT molecular complexity index is 1090. The predicted octanol–water partition coefficient (Wildman–Crippen LogP) is 5.08. The van der Waals surface area contributed by atoms with Gasteiger partial charge in [0.05, 0.1) is 5.69 Å². The Labute approximate surface area is 184 Å². The van der Waals surface area contributed by atoms with Gasteiger partial charge in [-0.25, -0.2) is 9.37 Å². The molecular weight excluding hydrogens is 423 g/mol. The van der Waals surface area contributed by atoms with Crippen LogP contribution in [0.5, 0.6) is 0 Å². The minimum absolute atomic E-state index is 0.187. The molecule has 4 rings (SSSR count). The van der Waals surface area contributed by atoms with Crippen molar-refractivity contribution in [2.24, 2.45) is 11.8 Å². The first-order valence-electron chi connectivity index (χ1n) is 10.4. The topological polar surface area (TPSA) is 50.5 Å². The van der Waals surface area contributed by atoms with Crippen LogP contribution in [0.2, 0.25) is 5.02 Å². The second-order valence-corrected chi connectivity index (χ2v) is 9.91. The normalized spacial score (nSPS) is 22.1.